The summed E-state index contributed by atoms with van der Waals surface area (Å²) in [5.74, 6) is -0.422. The van der Waals surface area contributed by atoms with Crippen molar-refractivity contribution in [2.45, 2.75) is 13.8 Å². The zero-order valence-corrected chi connectivity index (χ0v) is 11.9. The zero-order valence-electron chi connectivity index (χ0n) is 11.9. The summed E-state index contributed by atoms with van der Waals surface area (Å²) in [6, 6.07) is 11.5. The van der Waals surface area contributed by atoms with Crippen LogP contribution in [0.5, 0.6) is 0 Å². The molecule has 5 heteroatoms. The molecular weight excluding hydrogens is 266 g/mol. The van der Waals surface area contributed by atoms with Crippen molar-refractivity contribution in [1.82, 2.24) is 14.6 Å². The molecule has 0 radical (unpaired) electrons. The summed E-state index contributed by atoms with van der Waals surface area (Å²) in [5.41, 5.74) is 3.88. The Morgan fingerprint density at radius 3 is 2.71 bits per heavy atom. The molecule has 2 heterocycles. The maximum atomic E-state index is 11.9. The van der Waals surface area contributed by atoms with Gasteiger partial charge in [0.05, 0.1) is 18.5 Å². The second-order valence-electron chi connectivity index (χ2n) is 4.71. The van der Waals surface area contributed by atoms with Gasteiger partial charge in [0.2, 0.25) is 0 Å². The van der Waals surface area contributed by atoms with E-state index in [4.69, 9.17) is 4.74 Å². The number of fused-ring (bicyclic) bond motifs is 1. The van der Waals surface area contributed by atoms with Gasteiger partial charge in [0, 0.05) is 11.6 Å². The average molecular weight is 281 g/mol. The summed E-state index contributed by atoms with van der Waals surface area (Å²) in [5, 5.41) is 4.27. The number of rotatable bonds is 3. The van der Waals surface area contributed by atoms with Crippen molar-refractivity contribution in [3.63, 3.8) is 0 Å². The van der Waals surface area contributed by atoms with Crippen molar-refractivity contribution in [3.05, 3.63) is 53.9 Å². The van der Waals surface area contributed by atoms with Crippen molar-refractivity contribution in [2.24, 2.45) is 0 Å². The fourth-order valence-corrected chi connectivity index (χ4v) is 2.15. The number of carbonyl (C=O) groups excluding carboxylic acids is 1. The Bertz CT molecular complexity index is 791. The third kappa shape index (κ3) is 2.50. The lowest BCUT2D eigenvalue weighted by Crippen LogP contribution is -2.09. The van der Waals surface area contributed by atoms with Gasteiger partial charge in [-0.05, 0) is 19.9 Å². The minimum Gasteiger partial charge on any atom is -0.461 e. The number of ether oxygens (including phenoxy) is 1. The third-order valence-electron chi connectivity index (χ3n) is 3.19. The van der Waals surface area contributed by atoms with Crippen LogP contribution in [0.4, 0.5) is 0 Å². The van der Waals surface area contributed by atoms with Gasteiger partial charge in [-0.2, -0.15) is 5.10 Å². The number of nitrogens with zero attached hydrogens (tertiary/aromatic N) is 3. The van der Waals surface area contributed by atoms with Gasteiger partial charge in [-0.3, -0.25) is 0 Å². The van der Waals surface area contributed by atoms with Crippen LogP contribution in [-0.4, -0.2) is 27.2 Å². The number of benzene rings is 1. The van der Waals surface area contributed by atoms with Crippen LogP contribution in [0.15, 0.2) is 42.6 Å². The number of aromatic nitrogens is 3. The molecule has 3 aromatic rings. The Hall–Kier alpha value is -2.69. The molecule has 0 atom stereocenters. The van der Waals surface area contributed by atoms with Crippen molar-refractivity contribution >= 4 is 11.6 Å². The van der Waals surface area contributed by atoms with Gasteiger partial charge >= 0.3 is 5.97 Å². The van der Waals surface area contributed by atoms with Crippen LogP contribution in [0.3, 0.4) is 0 Å². The number of carbonyl (C=O) groups is 1. The molecule has 0 fully saturated rings. The van der Waals surface area contributed by atoms with E-state index in [0.717, 1.165) is 11.3 Å². The Balaban J connectivity index is 2.18. The van der Waals surface area contributed by atoms with Crippen molar-refractivity contribution in [1.29, 1.82) is 0 Å². The molecule has 1 aromatic carbocycles. The van der Waals surface area contributed by atoms with Gasteiger partial charge in [0.25, 0.3) is 0 Å². The summed E-state index contributed by atoms with van der Waals surface area (Å²) in [7, 11) is 0. The van der Waals surface area contributed by atoms with Crippen LogP contribution in [-0.2, 0) is 4.74 Å². The summed E-state index contributed by atoms with van der Waals surface area (Å²) < 4.78 is 6.75. The maximum Gasteiger partial charge on any atom is 0.357 e. The Morgan fingerprint density at radius 1 is 1.24 bits per heavy atom. The molecule has 0 aliphatic rings. The molecule has 106 valence electrons. The molecule has 0 saturated carbocycles. The molecule has 0 aliphatic carbocycles. The monoisotopic (exact) mass is 281 g/mol. The van der Waals surface area contributed by atoms with E-state index in [1.807, 2.05) is 31.2 Å². The molecule has 2 aromatic heterocycles. The Labute approximate surface area is 122 Å². The highest BCUT2D eigenvalue weighted by molar-refractivity contribution is 5.89. The quantitative estimate of drug-likeness (QED) is 0.693. The first-order valence-corrected chi connectivity index (χ1v) is 6.78. The van der Waals surface area contributed by atoms with Crippen LogP contribution in [0.25, 0.3) is 16.9 Å². The van der Waals surface area contributed by atoms with E-state index in [-0.39, 0.29) is 0 Å². The molecule has 0 bridgehead atoms. The third-order valence-corrected chi connectivity index (χ3v) is 3.19. The molecule has 0 N–H and O–H groups in total. The Kier molecular flexibility index (Phi) is 3.39. The minimum atomic E-state index is -0.422. The number of hydrogen-bond acceptors (Lipinski definition) is 4. The van der Waals surface area contributed by atoms with Gasteiger partial charge in [0.1, 0.15) is 0 Å². The molecule has 0 aliphatic heterocycles. The van der Waals surface area contributed by atoms with Crippen LogP contribution in [0.2, 0.25) is 0 Å². The number of esters is 1. The van der Waals surface area contributed by atoms with Crippen molar-refractivity contribution < 1.29 is 9.53 Å². The highest BCUT2D eigenvalue weighted by Crippen LogP contribution is 2.21. The average Bonchev–Trinajstić information content (AvgIpc) is 2.95. The summed E-state index contributed by atoms with van der Waals surface area (Å²) in [4.78, 5) is 16.2. The SMILES string of the molecule is CCOC(=O)c1cc(-c2ccc(C)cc2)n2nccc2n1. The first-order chi connectivity index (χ1) is 10.2. The van der Waals surface area contributed by atoms with E-state index in [9.17, 15) is 4.79 Å². The van der Waals surface area contributed by atoms with Crippen LogP contribution in [0.1, 0.15) is 23.0 Å². The van der Waals surface area contributed by atoms with Crippen LogP contribution in [0, 0.1) is 6.92 Å². The second kappa shape index (κ2) is 5.36. The molecule has 3 rings (SSSR count). The van der Waals surface area contributed by atoms with E-state index in [1.54, 1.807) is 29.8 Å². The second-order valence-corrected chi connectivity index (χ2v) is 4.71. The van der Waals surface area contributed by atoms with E-state index < -0.39 is 5.97 Å². The van der Waals surface area contributed by atoms with Gasteiger partial charge in [-0.25, -0.2) is 14.3 Å². The molecule has 0 amide bonds. The summed E-state index contributed by atoms with van der Waals surface area (Å²) in [6.07, 6.45) is 1.66. The Morgan fingerprint density at radius 2 is 2.00 bits per heavy atom. The van der Waals surface area contributed by atoms with Gasteiger partial charge in [-0.1, -0.05) is 29.8 Å². The van der Waals surface area contributed by atoms with E-state index in [2.05, 4.69) is 10.1 Å². The fourth-order valence-electron chi connectivity index (χ4n) is 2.15. The first-order valence-electron chi connectivity index (χ1n) is 6.78. The smallest absolute Gasteiger partial charge is 0.357 e. The predicted octanol–water partition coefficient (Wildman–Crippen LogP) is 2.88. The van der Waals surface area contributed by atoms with Crippen molar-refractivity contribution in [2.75, 3.05) is 6.61 Å². The summed E-state index contributed by atoms with van der Waals surface area (Å²) in [6.45, 7) is 4.13. The molecular formula is C16H15N3O2. The largest absolute Gasteiger partial charge is 0.461 e. The van der Waals surface area contributed by atoms with Gasteiger partial charge < -0.3 is 4.74 Å². The molecule has 21 heavy (non-hydrogen) atoms. The van der Waals surface area contributed by atoms with Crippen LogP contribution < -0.4 is 0 Å². The lowest BCUT2D eigenvalue weighted by atomic mass is 10.1. The fraction of sp³-hybridized carbons (Fsp3) is 0.188. The van der Waals surface area contributed by atoms with E-state index in [1.165, 1.54) is 5.56 Å². The van der Waals surface area contributed by atoms with Crippen molar-refractivity contribution in [3.8, 4) is 11.3 Å². The maximum absolute atomic E-state index is 11.9. The van der Waals surface area contributed by atoms with Crippen LogP contribution >= 0.6 is 0 Å². The van der Waals surface area contributed by atoms with E-state index in [0.29, 0.717) is 17.9 Å². The normalized spacial score (nSPS) is 10.8. The first kappa shape index (κ1) is 13.3. The zero-order chi connectivity index (χ0) is 14.8. The summed E-state index contributed by atoms with van der Waals surface area (Å²) >= 11 is 0. The molecule has 0 saturated heterocycles. The molecule has 0 spiro atoms. The molecule has 0 unspecified atom stereocenters. The lowest BCUT2D eigenvalue weighted by Gasteiger charge is -2.08. The number of aryl methyl sites for hydroxylation is 1. The van der Waals surface area contributed by atoms with Gasteiger partial charge in [0.15, 0.2) is 11.3 Å². The topological polar surface area (TPSA) is 56.5 Å². The highest BCUT2D eigenvalue weighted by atomic mass is 16.5. The van der Waals surface area contributed by atoms with E-state index >= 15 is 0 Å². The number of hydrogen-bond donors (Lipinski definition) is 0. The lowest BCUT2D eigenvalue weighted by molar-refractivity contribution is 0.0519. The standard InChI is InChI=1S/C16H15N3O2/c1-3-21-16(20)13-10-14(12-6-4-11(2)5-7-12)19-15(18-13)8-9-17-19/h4-10H,3H2,1-2H3. The highest BCUT2D eigenvalue weighted by Gasteiger charge is 2.14. The minimum absolute atomic E-state index is 0.292. The predicted molar refractivity (Wildman–Crippen MR) is 79.1 cm³/mol. The molecule has 5 nitrogen and oxygen atoms in total. The van der Waals surface area contributed by atoms with Gasteiger partial charge in [-0.15, -0.1) is 0 Å².